The van der Waals surface area contributed by atoms with Crippen molar-refractivity contribution in [2.24, 2.45) is 0 Å². The van der Waals surface area contributed by atoms with E-state index >= 15 is 0 Å². The Morgan fingerprint density at radius 2 is 1.25 bits per heavy atom. The van der Waals surface area contributed by atoms with Crippen LogP contribution < -0.4 is 5.32 Å². The zero-order chi connectivity index (χ0) is 18.6. The SMILES string of the molecule is Cl.Clc1ccccc1CNCc1cn(Cc2ccccc2Cl)c2ccccc12. The largest absolute Gasteiger partial charge is 0.343 e. The van der Waals surface area contributed by atoms with Gasteiger partial charge in [0.15, 0.2) is 0 Å². The van der Waals surface area contributed by atoms with E-state index in [2.05, 4.69) is 52.5 Å². The fourth-order valence-electron chi connectivity index (χ4n) is 3.38. The van der Waals surface area contributed by atoms with Gasteiger partial charge in [0, 0.05) is 46.8 Å². The molecule has 0 aliphatic rings. The average Bonchev–Trinajstić information content (AvgIpc) is 3.03. The lowest BCUT2D eigenvalue weighted by Gasteiger charge is -2.07. The van der Waals surface area contributed by atoms with Crippen molar-refractivity contribution in [1.29, 1.82) is 0 Å². The highest BCUT2D eigenvalue weighted by molar-refractivity contribution is 6.31. The van der Waals surface area contributed by atoms with E-state index in [1.807, 2.05) is 36.4 Å². The number of nitrogens with zero attached hydrogens (tertiary/aromatic N) is 1. The van der Waals surface area contributed by atoms with E-state index in [-0.39, 0.29) is 12.4 Å². The monoisotopic (exact) mass is 430 g/mol. The summed E-state index contributed by atoms with van der Waals surface area (Å²) in [5, 5.41) is 6.37. The Morgan fingerprint density at radius 1 is 0.679 bits per heavy atom. The Morgan fingerprint density at radius 3 is 1.96 bits per heavy atom. The van der Waals surface area contributed by atoms with Crippen molar-refractivity contribution in [3.8, 4) is 0 Å². The molecular formula is C23H21Cl3N2. The molecule has 28 heavy (non-hydrogen) atoms. The second-order valence-corrected chi connectivity index (χ2v) is 7.40. The molecule has 0 saturated carbocycles. The molecule has 1 aromatic heterocycles. The maximum atomic E-state index is 6.36. The van der Waals surface area contributed by atoms with Gasteiger partial charge in [0.2, 0.25) is 0 Å². The van der Waals surface area contributed by atoms with Crippen LogP contribution in [0.25, 0.3) is 10.9 Å². The van der Waals surface area contributed by atoms with Gasteiger partial charge in [-0.05, 0) is 34.9 Å². The quantitative estimate of drug-likeness (QED) is 0.359. The first-order valence-corrected chi connectivity index (χ1v) is 9.72. The number of hydrogen-bond donors (Lipinski definition) is 1. The van der Waals surface area contributed by atoms with Crippen LogP contribution in [0.5, 0.6) is 0 Å². The fourth-order valence-corrected chi connectivity index (χ4v) is 3.78. The van der Waals surface area contributed by atoms with Crippen molar-refractivity contribution >= 4 is 46.5 Å². The molecule has 0 aliphatic heterocycles. The second-order valence-electron chi connectivity index (χ2n) is 6.59. The molecular weight excluding hydrogens is 411 g/mol. The molecule has 0 amide bonds. The Labute approximate surface area is 181 Å². The molecule has 5 heteroatoms. The van der Waals surface area contributed by atoms with Crippen LogP contribution in [0.4, 0.5) is 0 Å². The first-order chi connectivity index (χ1) is 13.2. The summed E-state index contributed by atoms with van der Waals surface area (Å²) < 4.78 is 2.27. The van der Waals surface area contributed by atoms with E-state index in [0.717, 1.165) is 40.8 Å². The van der Waals surface area contributed by atoms with Gasteiger partial charge in [0.05, 0.1) is 0 Å². The molecule has 3 aromatic carbocycles. The lowest BCUT2D eigenvalue weighted by Crippen LogP contribution is -2.12. The minimum absolute atomic E-state index is 0. The van der Waals surface area contributed by atoms with Crippen LogP contribution in [-0.2, 0) is 19.6 Å². The maximum absolute atomic E-state index is 6.36. The molecule has 0 atom stereocenters. The molecule has 0 radical (unpaired) electrons. The molecule has 1 N–H and O–H groups in total. The van der Waals surface area contributed by atoms with Crippen LogP contribution in [0.1, 0.15) is 16.7 Å². The molecule has 4 aromatic rings. The summed E-state index contributed by atoms with van der Waals surface area (Å²) >= 11 is 12.6. The number of fused-ring (bicyclic) bond motifs is 1. The summed E-state index contributed by atoms with van der Waals surface area (Å²) in [7, 11) is 0. The van der Waals surface area contributed by atoms with Crippen LogP contribution in [-0.4, -0.2) is 4.57 Å². The number of aromatic nitrogens is 1. The van der Waals surface area contributed by atoms with Crippen LogP contribution in [0.15, 0.2) is 79.0 Å². The Balaban J connectivity index is 0.00000225. The minimum Gasteiger partial charge on any atom is -0.343 e. The van der Waals surface area contributed by atoms with Gasteiger partial charge in [0.25, 0.3) is 0 Å². The van der Waals surface area contributed by atoms with Crippen molar-refractivity contribution in [3.63, 3.8) is 0 Å². The van der Waals surface area contributed by atoms with Gasteiger partial charge in [-0.2, -0.15) is 0 Å². The fraction of sp³-hybridized carbons (Fsp3) is 0.130. The van der Waals surface area contributed by atoms with Crippen molar-refractivity contribution in [1.82, 2.24) is 9.88 Å². The highest BCUT2D eigenvalue weighted by Crippen LogP contribution is 2.24. The molecule has 144 valence electrons. The Kier molecular flexibility index (Phi) is 7.03. The number of rotatable bonds is 6. The van der Waals surface area contributed by atoms with E-state index in [1.165, 1.54) is 16.5 Å². The van der Waals surface area contributed by atoms with Crippen molar-refractivity contribution in [3.05, 3.63) is 106 Å². The average molecular weight is 432 g/mol. The van der Waals surface area contributed by atoms with Gasteiger partial charge in [-0.25, -0.2) is 0 Å². The van der Waals surface area contributed by atoms with Gasteiger partial charge >= 0.3 is 0 Å². The topological polar surface area (TPSA) is 17.0 Å². The number of hydrogen-bond acceptors (Lipinski definition) is 1. The molecule has 2 nitrogen and oxygen atoms in total. The maximum Gasteiger partial charge on any atom is 0.0491 e. The van der Waals surface area contributed by atoms with E-state index in [9.17, 15) is 0 Å². The predicted octanol–water partition coefficient (Wildman–Crippen LogP) is 6.71. The molecule has 4 rings (SSSR count). The highest BCUT2D eigenvalue weighted by Gasteiger charge is 2.10. The van der Waals surface area contributed by atoms with Crippen LogP contribution >= 0.6 is 35.6 Å². The Hall–Kier alpha value is -1.97. The molecule has 1 heterocycles. The number of halogens is 3. The van der Waals surface area contributed by atoms with E-state index in [1.54, 1.807) is 0 Å². The smallest absolute Gasteiger partial charge is 0.0491 e. The summed E-state index contributed by atoms with van der Waals surface area (Å²) in [6.45, 7) is 2.27. The second kappa shape index (κ2) is 9.49. The van der Waals surface area contributed by atoms with E-state index in [4.69, 9.17) is 23.2 Å². The third-order valence-corrected chi connectivity index (χ3v) is 5.50. The number of benzene rings is 3. The van der Waals surface area contributed by atoms with Gasteiger partial charge in [-0.15, -0.1) is 12.4 Å². The summed E-state index contributed by atoms with van der Waals surface area (Å²) in [5.41, 5.74) is 4.71. The molecule has 0 spiro atoms. The third-order valence-electron chi connectivity index (χ3n) is 4.76. The van der Waals surface area contributed by atoms with Gasteiger partial charge in [-0.1, -0.05) is 77.8 Å². The molecule has 0 aliphatic carbocycles. The van der Waals surface area contributed by atoms with Crippen molar-refractivity contribution in [2.75, 3.05) is 0 Å². The van der Waals surface area contributed by atoms with Gasteiger partial charge in [-0.3, -0.25) is 0 Å². The lowest BCUT2D eigenvalue weighted by atomic mass is 10.1. The van der Waals surface area contributed by atoms with E-state index < -0.39 is 0 Å². The van der Waals surface area contributed by atoms with E-state index in [0.29, 0.717) is 0 Å². The normalized spacial score (nSPS) is 10.8. The van der Waals surface area contributed by atoms with Crippen molar-refractivity contribution in [2.45, 2.75) is 19.6 Å². The van der Waals surface area contributed by atoms with Crippen LogP contribution in [0.3, 0.4) is 0 Å². The Bertz CT molecular complexity index is 1070. The molecule has 0 saturated heterocycles. The van der Waals surface area contributed by atoms with Crippen LogP contribution in [0, 0.1) is 0 Å². The summed E-state index contributed by atoms with van der Waals surface area (Å²) in [4.78, 5) is 0. The summed E-state index contributed by atoms with van der Waals surface area (Å²) in [6.07, 6.45) is 2.22. The molecule has 0 fully saturated rings. The lowest BCUT2D eigenvalue weighted by molar-refractivity contribution is 0.692. The number of nitrogens with one attached hydrogen (secondary N) is 1. The highest BCUT2D eigenvalue weighted by atomic mass is 35.5. The third kappa shape index (κ3) is 4.53. The zero-order valence-corrected chi connectivity index (χ0v) is 17.6. The van der Waals surface area contributed by atoms with Crippen LogP contribution in [0.2, 0.25) is 10.0 Å². The predicted molar refractivity (Wildman–Crippen MR) is 122 cm³/mol. The molecule has 0 unspecified atom stereocenters. The zero-order valence-electron chi connectivity index (χ0n) is 15.2. The summed E-state index contributed by atoms with van der Waals surface area (Å²) in [5.74, 6) is 0. The number of para-hydroxylation sites is 1. The van der Waals surface area contributed by atoms with Crippen molar-refractivity contribution < 1.29 is 0 Å². The molecule has 0 bridgehead atoms. The summed E-state index contributed by atoms with van der Waals surface area (Å²) in [6, 6.07) is 24.4. The standard InChI is InChI=1S/C23H20Cl2N2.ClH/c24-21-10-4-1-7-17(21)13-26-14-19-16-27(23-12-6-3-9-20(19)23)15-18-8-2-5-11-22(18)25;/h1-12,16,26H,13-15H2;1H. The van der Waals surface area contributed by atoms with Gasteiger partial charge in [0.1, 0.15) is 0 Å². The first-order valence-electron chi connectivity index (χ1n) is 8.96. The van der Waals surface area contributed by atoms with Gasteiger partial charge < -0.3 is 9.88 Å². The minimum atomic E-state index is 0. The first kappa shape index (κ1) is 20.8.